The summed E-state index contributed by atoms with van der Waals surface area (Å²) in [6, 6.07) is 0. The summed E-state index contributed by atoms with van der Waals surface area (Å²) in [6.45, 7) is 2.47. The summed E-state index contributed by atoms with van der Waals surface area (Å²) >= 11 is 0. The summed E-state index contributed by atoms with van der Waals surface area (Å²) in [5, 5.41) is 0. The van der Waals surface area contributed by atoms with Crippen LogP contribution in [-0.4, -0.2) is 16.4 Å². The largest absolute Gasteiger partial charge is 0.469 e. The van der Waals surface area contributed by atoms with E-state index in [0.717, 1.165) is 19.3 Å². The Labute approximate surface area is 264 Å². The number of unbranched alkanes of at least 4 members (excludes halogenated alkanes) is 34. The Morgan fingerprint density at radius 3 is 0.667 bits per heavy atom. The fraction of sp³-hybridized carbons (Fsp3) is 1.00. The van der Waals surface area contributed by atoms with E-state index in [2.05, 4.69) is 11.4 Å². The monoisotopic (exact) mass is 617 g/mol. The molecule has 0 aliphatic carbocycles. The molecular formula is C37H77O4P. The molecule has 0 spiro atoms. The van der Waals surface area contributed by atoms with Crippen LogP contribution in [0.2, 0.25) is 0 Å². The summed E-state index contributed by atoms with van der Waals surface area (Å²) in [4.78, 5) is 17.3. The predicted octanol–water partition coefficient (Wildman–Crippen LogP) is 13.8. The van der Waals surface area contributed by atoms with Crippen LogP contribution in [0.1, 0.15) is 232 Å². The molecule has 0 atom stereocenters. The van der Waals surface area contributed by atoms with Gasteiger partial charge in [0, 0.05) is 0 Å². The van der Waals surface area contributed by atoms with Gasteiger partial charge in [-0.25, -0.2) is 4.57 Å². The third-order valence-electron chi connectivity index (χ3n) is 9.01. The molecule has 5 heteroatoms. The van der Waals surface area contributed by atoms with Crippen molar-refractivity contribution in [2.45, 2.75) is 232 Å². The highest BCUT2D eigenvalue weighted by Gasteiger charge is 2.12. The molecule has 0 aromatic rings. The van der Waals surface area contributed by atoms with Crippen LogP contribution in [0.3, 0.4) is 0 Å². The van der Waals surface area contributed by atoms with E-state index in [1.165, 1.54) is 205 Å². The van der Waals surface area contributed by atoms with Crippen LogP contribution < -0.4 is 0 Å². The molecule has 4 nitrogen and oxygen atoms in total. The Bertz CT molecular complexity index is 536. The lowest BCUT2D eigenvalue weighted by molar-refractivity contribution is 0.193. The molecule has 0 rings (SSSR count). The molecule has 42 heavy (non-hydrogen) atoms. The molecule has 0 heterocycles. The van der Waals surface area contributed by atoms with Crippen molar-refractivity contribution in [3.63, 3.8) is 0 Å². The first-order valence-corrected chi connectivity index (χ1v) is 20.8. The molecule has 0 aliphatic rings. The normalized spacial score (nSPS) is 12.0. The number of phosphoric ester groups is 1. The second kappa shape index (κ2) is 35.6. The van der Waals surface area contributed by atoms with Crippen molar-refractivity contribution in [3.8, 4) is 0 Å². The topological polar surface area (TPSA) is 66.8 Å². The van der Waals surface area contributed by atoms with E-state index in [1.807, 2.05) is 0 Å². The zero-order chi connectivity index (χ0) is 30.7. The van der Waals surface area contributed by atoms with E-state index >= 15 is 0 Å². The second-order valence-electron chi connectivity index (χ2n) is 13.3. The zero-order valence-electron chi connectivity index (χ0n) is 28.6. The van der Waals surface area contributed by atoms with Crippen LogP contribution >= 0.6 is 7.82 Å². The maximum absolute atomic E-state index is 10.6. The highest BCUT2D eigenvalue weighted by Crippen LogP contribution is 2.35. The number of hydrogen-bond acceptors (Lipinski definition) is 2. The van der Waals surface area contributed by atoms with Crippen molar-refractivity contribution < 1.29 is 18.9 Å². The molecule has 2 N–H and O–H groups in total. The van der Waals surface area contributed by atoms with Gasteiger partial charge in [0.25, 0.3) is 0 Å². The van der Waals surface area contributed by atoms with Gasteiger partial charge in [0.15, 0.2) is 0 Å². The Kier molecular flexibility index (Phi) is 35.7. The first-order chi connectivity index (χ1) is 20.6. The fourth-order valence-electron chi connectivity index (χ4n) is 6.19. The molecule has 0 aromatic heterocycles. The molecule has 0 bridgehead atoms. The van der Waals surface area contributed by atoms with Gasteiger partial charge in [-0.05, 0) is 6.42 Å². The zero-order valence-corrected chi connectivity index (χ0v) is 29.5. The van der Waals surface area contributed by atoms with Gasteiger partial charge < -0.3 is 9.79 Å². The van der Waals surface area contributed by atoms with Crippen LogP contribution in [0.25, 0.3) is 0 Å². The van der Waals surface area contributed by atoms with E-state index in [0.29, 0.717) is 0 Å². The lowest BCUT2D eigenvalue weighted by atomic mass is 10.0. The summed E-state index contributed by atoms with van der Waals surface area (Å²) in [6.07, 6.45) is 48.8. The maximum Gasteiger partial charge on any atom is 0.469 e. The molecule has 0 aromatic carbocycles. The van der Waals surface area contributed by atoms with Crippen molar-refractivity contribution in [3.05, 3.63) is 0 Å². The van der Waals surface area contributed by atoms with Gasteiger partial charge in [-0.1, -0.05) is 225 Å². The average Bonchev–Trinajstić information content (AvgIpc) is 2.96. The molecule has 0 amide bonds. The SMILES string of the molecule is CCCCCCCCCCCCCCCCCCCCCCCCCCCCCCCCCCCCCOP(=O)(O)O. The molecule has 0 saturated carbocycles. The summed E-state index contributed by atoms with van der Waals surface area (Å²) in [7, 11) is -4.27. The summed E-state index contributed by atoms with van der Waals surface area (Å²) < 4.78 is 15.1. The van der Waals surface area contributed by atoms with E-state index in [-0.39, 0.29) is 6.61 Å². The van der Waals surface area contributed by atoms with Gasteiger partial charge >= 0.3 is 7.82 Å². The average molecular weight is 617 g/mol. The number of rotatable bonds is 37. The number of phosphoric acid groups is 1. The van der Waals surface area contributed by atoms with Gasteiger partial charge in [0.2, 0.25) is 0 Å². The molecule has 0 fully saturated rings. The minimum Gasteiger partial charge on any atom is -0.303 e. The summed E-state index contributed by atoms with van der Waals surface area (Å²) in [5.41, 5.74) is 0. The quantitative estimate of drug-likeness (QED) is 0.0538. The van der Waals surface area contributed by atoms with E-state index in [4.69, 9.17) is 9.79 Å². The first-order valence-electron chi connectivity index (χ1n) is 19.3. The first kappa shape index (κ1) is 42.1. The molecule has 0 saturated heterocycles. The van der Waals surface area contributed by atoms with Crippen molar-refractivity contribution in [1.29, 1.82) is 0 Å². The van der Waals surface area contributed by atoms with E-state index in [1.54, 1.807) is 0 Å². The van der Waals surface area contributed by atoms with Gasteiger partial charge in [0.05, 0.1) is 6.61 Å². The van der Waals surface area contributed by atoms with Crippen LogP contribution in [0.5, 0.6) is 0 Å². The molecule has 0 unspecified atom stereocenters. The fourth-order valence-corrected chi connectivity index (χ4v) is 6.56. The molecule has 0 radical (unpaired) electrons. The van der Waals surface area contributed by atoms with Crippen LogP contribution in [-0.2, 0) is 9.09 Å². The Balaban J connectivity index is 3.05. The van der Waals surface area contributed by atoms with Crippen LogP contribution in [0.4, 0.5) is 0 Å². The van der Waals surface area contributed by atoms with E-state index < -0.39 is 7.82 Å². The smallest absolute Gasteiger partial charge is 0.303 e. The second-order valence-corrected chi connectivity index (χ2v) is 14.6. The van der Waals surface area contributed by atoms with Gasteiger partial charge in [-0.3, -0.25) is 4.52 Å². The molecular weight excluding hydrogens is 539 g/mol. The van der Waals surface area contributed by atoms with Crippen LogP contribution in [0.15, 0.2) is 0 Å². The lowest BCUT2D eigenvalue weighted by Gasteiger charge is -2.05. The highest BCUT2D eigenvalue weighted by atomic mass is 31.2. The van der Waals surface area contributed by atoms with Crippen molar-refractivity contribution in [2.24, 2.45) is 0 Å². The Morgan fingerprint density at radius 1 is 0.333 bits per heavy atom. The lowest BCUT2D eigenvalue weighted by Crippen LogP contribution is -1.92. The van der Waals surface area contributed by atoms with Gasteiger partial charge in [-0.2, -0.15) is 0 Å². The molecule has 254 valence electrons. The maximum atomic E-state index is 10.6. The highest BCUT2D eigenvalue weighted by molar-refractivity contribution is 7.46. The minimum atomic E-state index is -4.27. The third-order valence-corrected chi connectivity index (χ3v) is 9.53. The molecule has 0 aliphatic heterocycles. The van der Waals surface area contributed by atoms with Crippen molar-refractivity contribution >= 4 is 7.82 Å². The number of hydrogen-bond donors (Lipinski definition) is 2. The minimum absolute atomic E-state index is 0.171. The Morgan fingerprint density at radius 2 is 0.500 bits per heavy atom. The predicted molar refractivity (Wildman–Crippen MR) is 185 cm³/mol. The van der Waals surface area contributed by atoms with Gasteiger partial charge in [0.1, 0.15) is 0 Å². The van der Waals surface area contributed by atoms with Crippen LogP contribution in [0, 0.1) is 0 Å². The van der Waals surface area contributed by atoms with E-state index in [9.17, 15) is 4.57 Å². The van der Waals surface area contributed by atoms with Gasteiger partial charge in [-0.15, -0.1) is 0 Å². The Hall–Kier alpha value is 0.110. The summed E-state index contributed by atoms with van der Waals surface area (Å²) in [5.74, 6) is 0. The van der Waals surface area contributed by atoms with Crippen molar-refractivity contribution in [1.82, 2.24) is 0 Å². The van der Waals surface area contributed by atoms with Crippen molar-refractivity contribution in [2.75, 3.05) is 6.61 Å². The standard InChI is InChI=1S/C37H77O4P/c1-2-3-4-5-6-7-8-9-10-11-12-13-14-15-16-17-18-19-20-21-22-23-24-25-26-27-28-29-30-31-32-33-34-35-36-37-41-42(38,39)40/h2-37H2,1H3,(H2,38,39,40). The third kappa shape index (κ3) is 40.1.